The first-order chi connectivity index (χ1) is 14.9. The third-order valence-electron chi connectivity index (χ3n) is 4.40. The number of aromatic nitrogens is 2. The summed E-state index contributed by atoms with van der Waals surface area (Å²) in [6.45, 7) is 1.65. The summed E-state index contributed by atoms with van der Waals surface area (Å²) in [7, 11) is 4.49. The molecule has 1 amide bonds. The molecule has 3 aromatic rings. The summed E-state index contributed by atoms with van der Waals surface area (Å²) in [5.41, 5.74) is 0.523. The molecule has 31 heavy (non-hydrogen) atoms. The van der Waals surface area contributed by atoms with E-state index in [-0.39, 0.29) is 23.0 Å². The van der Waals surface area contributed by atoms with Crippen molar-refractivity contribution in [3.63, 3.8) is 0 Å². The van der Waals surface area contributed by atoms with E-state index in [1.807, 2.05) is 0 Å². The van der Waals surface area contributed by atoms with Gasteiger partial charge in [0.25, 0.3) is 11.6 Å². The summed E-state index contributed by atoms with van der Waals surface area (Å²) in [5, 5.41) is 17.5. The lowest BCUT2D eigenvalue weighted by atomic mass is 10.1. The third kappa shape index (κ3) is 4.55. The zero-order valence-corrected chi connectivity index (χ0v) is 17.2. The number of amides is 1. The van der Waals surface area contributed by atoms with Crippen LogP contribution >= 0.6 is 0 Å². The molecule has 0 saturated carbocycles. The molecule has 0 aliphatic carbocycles. The van der Waals surface area contributed by atoms with Crippen molar-refractivity contribution < 1.29 is 28.5 Å². The van der Waals surface area contributed by atoms with E-state index >= 15 is 0 Å². The molecule has 1 N–H and O–H groups in total. The summed E-state index contributed by atoms with van der Waals surface area (Å²) < 4.78 is 21.2. The molecule has 0 fully saturated rings. The van der Waals surface area contributed by atoms with E-state index in [0.29, 0.717) is 22.8 Å². The summed E-state index contributed by atoms with van der Waals surface area (Å²) >= 11 is 0. The number of hydrogen-bond donors (Lipinski definition) is 1. The Morgan fingerprint density at radius 3 is 2.39 bits per heavy atom. The highest BCUT2D eigenvalue weighted by atomic mass is 16.6. The van der Waals surface area contributed by atoms with Gasteiger partial charge in [-0.2, -0.15) is 4.98 Å². The lowest BCUT2D eigenvalue weighted by Crippen LogP contribution is -2.26. The van der Waals surface area contributed by atoms with Gasteiger partial charge in [0.1, 0.15) is 6.04 Å². The number of nitrogens with zero attached hydrogens (tertiary/aromatic N) is 3. The minimum absolute atomic E-state index is 0.144. The van der Waals surface area contributed by atoms with Crippen molar-refractivity contribution in [3.05, 3.63) is 58.0 Å². The maximum atomic E-state index is 12.4. The number of nitro groups is 1. The molecule has 1 unspecified atom stereocenters. The second-order valence-corrected chi connectivity index (χ2v) is 6.37. The second-order valence-electron chi connectivity index (χ2n) is 6.37. The highest BCUT2D eigenvalue weighted by Gasteiger charge is 2.21. The topological polar surface area (TPSA) is 139 Å². The van der Waals surface area contributed by atoms with Crippen LogP contribution in [-0.2, 0) is 0 Å². The number of non-ortho nitro benzene ring substituents is 1. The molecule has 1 atom stereocenters. The Morgan fingerprint density at radius 2 is 1.81 bits per heavy atom. The van der Waals surface area contributed by atoms with Crippen LogP contribution in [0.2, 0.25) is 0 Å². The fourth-order valence-electron chi connectivity index (χ4n) is 2.84. The van der Waals surface area contributed by atoms with Crippen LogP contribution in [0.3, 0.4) is 0 Å². The lowest BCUT2D eigenvalue weighted by Gasteiger charge is -2.12. The average Bonchev–Trinajstić information content (AvgIpc) is 3.28. The van der Waals surface area contributed by atoms with E-state index in [9.17, 15) is 14.9 Å². The van der Waals surface area contributed by atoms with E-state index < -0.39 is 16.9 Å². The van der Waals surface area contributed by atoms with Crippen molar-refractivity contribution in [3.8, 4) is 28.6 Å². The number of carbonyl (C=O) groups is 1. The van der Waals surface area contributed by atoms with Gasteiger partial charge < -0.3 is 24.1 Å². The Morgan fingerprint density at radius 1 is 1.13 bits per heavy atom. The number of rotatable bonds is 8. The Balaban J connectivity index is 1.81. The quantitative estimate of drug-likeness (QED) is 0.423. The van der Waals surface area contributed by atoms with E-state index in [1.54, 1.807) is 19.1 Å². The molecule has 0 bridgehead atoms. The number of ether oxygens (including phenoxy) is 3. The molecule has 3 rings (SSSR count). The number of benzene rings is 2. The third-order valence-corrected chi connectivity index (χ3v) is 4.40. The van der Waals surface area contributed by atoms with Crippen LogP contribution in [-0.4, -0.2) is 42.3 Å². The molecule has 1 heterocycles. The highest BCUT2D eigenvalue weighted by Crippen LogP contribution is 2.40. The molecule has 0 radical (unpaired) electrons. The lowest BCUT2D eigenvalue weighted by molar-refractivity contribution is -0.384. The van der Waals surface area contributed by atoms with Crippen molar-refractivity contribution in [2.75, 3.05) is 21.3 Å². The summed E-state index contributed by atoms with van der Waals surface area (Å²) in [6, 6.07) is 8.11. The number of carbonyl (C=O) groups excluding carboxylic acids is 1. The number of nitro benzene ring substituents is 1. The summed E-state index contributed by atoms with van der Waals surface area (Å²) in [5.74, 6) is 1.18. The van der Waals surface area contributed by atoms with Crippen LogP contribution in [0.1, 0.15) is 29.2 Å². The molecular formula is C20H20N4O7. The van der Waals surface area contributed by atoms with Crippen LogP contribution < -0.4 is 19.5 Å². The van der Waals surface area contributed by atoms with Gasteiger partial charge in [0.15, 0.2) is 11.5 Å². The predicted molar refractivity (Wildman–Crippen MR) is 108 cm³/mol. The maximum absolute atomic E-state index is 12.4. The first kappa shape index (κ1) is 21.6. The van der Waals surface area contributed by atoms with Gasteiger partial charge in [-0.1, -0.05) is 11.2 Å². The molecule has 0 aliphatic heterocycles. The van der Waals surface area contributed by atoms with Gasteiger partial charge in [-0.3, -0.25) is 14.9 Å². The molecule has 0 spiro atoms. The van der Waals surface area contributed by atoms with Crippen LogP contribution in [0.25, 0.3) is 11.4 Å². The fourth-order valence-corrected chi connectivity index (χ4v) is 2.84. The molecule has 0 saturated heterocycles. The minimum atomic E-state index is -0.643. The van der Waals surface area contributed by atoms with Gasteiger partial charge in [0.05, 0.1) is 26.3 Å². The second kappa shape index (κ2) is 9.11. The minimum Gasteiger partial charge on any atom is -0.493 e. The van der Waals surface area contributed by atoms with Crippen LogP contribution in [0.5, 0.6) is 17.2 Å². The van der Waals surface area contributed by atoms with Crippen LogP contribution in [0.15, 0.2) is 40.9 Å². The number of methoxy groups -OCH3 is 3. The van der Waals surface area contributed by atoms with Gasteiger partial charge in [-0.05, 0) is 25.1 Å². The van der Waals surface area contributed by atoms with Gasteiger partial charge >= 0.3 is 0 Å². The molecule has 0 aliphatic rings. The first-order valence-electron chi connectivity index (χ1n) is 9.07. The Labute approximate surface area is 177 Å². The summed E-state index contributed by atoms with van der Waals surface area (Å²) in [4.78, 5) is 27.1. The smallest absolute Gasteiger partial charge is 0.270 e. The highest BCUT2D eigenvalue weighted by molar-refractivity contribution is 5.95. The zero-order chi connectivity index (χ0) is 22.5. The molecule has 162 valence electrons. The molecule has 11 nitrogen and oxygen atoms in total. The SMILES string of the molecule is COc1cc(-c2noc(C(C)NC(=O)c3cccc([N+](=O)[O-])c3)n2)cc(OC)c1OC. The van der Waals surface area contributed by atoms with E-state index in [1.165, 1.54) is 45.6 Å². The number of nitrogens with one attached hydrogen (secondary N) is 1. The average molecular weight is 428 g/mol. The number of hydrogen-bond acceptors (Lipinski definition) is 9. The van der Waals surface area contributed by atoms with Gasteiger partial charge in [0.2, 0.25) is 17.5 Å². The molecule has 11 heteroatoms. The van der Waals surface area contributed by atoms with Crippen molar-refractivity contribution in [2.45, 2.75) is 13.0 Å². The predicted octanol–water partition coefficient (Wildman–Crippen LogP) is 3.16. The fraction of sp³-hybridized carbons (Fsp3) is 0.250. The van der Waals surface area contributed by atoms with E-state index in [0.717, 1.165) is 0 Å². The van der Waals surface area contributed by atoms with Crippen molar-refractivity contribution in [1.82, 2.24) is 15.5 Å². The monoisotopic (exact) mass is 428 g/mol. The van der Waals surface area contributed by atoms with Gasteiger partial charge in [0, 0.05) is 23.3 Å². The first-order valence-corrected chi connectivity index (χ1v) is 9.07. The largest absolute Gasteiger partial charge is 0.493 e. The van der Waals surface area contributed by atoms with Crippen molar-refractivity contribution >= 4 is 11.6 Å². The molecular weight excluding hydrogens is 408 g/mol. The summed E-state index contributed by atoms with van der Waals surface area (Å²) in [6.07, 6.45) is 0. The van der Waals surface area contributed by atoms with E-state index in [4.69, 9.17) is 18.7 Å². The van der Waals surface area contributed by atoms with E-state index in [2.05, 4.69) is 15.5 Å². The van der Waals surface area contributed by atoms with Crippen LogP contribution in [0.4, 0.5) is 5.69 Å². The molecule has 1 aromatic heterocycles. The van der Waals surface area contributed by atoms with Gasteiger partial charge in [-0.15, -0.1) is 0 Å². The Kier molecular flexibility index (Phi) is 6.34. The Bertz CT molecular complexity index is 1090. The van der Waals surface area contributed by atoms with Crippen LogP contribution in [0, 0.1) is 10.1 Å². The molecule has 2 aromatic carbocycles. The maximum Gasteiger partial charge on any atom is 0.270 e. The zero-order valence-electron chi connectivity index (χ0n) is 17.2. The normalized spacial score (nSPS) is 11.5. The standard InChI is InChI=1S/C20H20N4O7/c1-11(21-19(25)12-6-5-7-14(8-12)24(26)27)20-22-18(23-31-20)13-9-15(28-2)17(30-4)16(10-13)29-3/h5-11H,1-4H3,(H,21,25). The van der Waals surface area contributed by atoms with Gasteiger partial charge in [-0.25, -0.2) is 0 Å². The van der Waals surface area contributed by atoms with Crippen molar-refractivity contribution in [1.29, 1.82) is 0 Å². The van der Waals surface area contributed by atoms with Crippen molar-refractivity contribution in [2.24, 2.45) is 0 Å². The Hall–Kier alpha value is -4.15.